The maximum absolute atomic E-state index is 12.9. The Morgan fingerprint density at radius 2 is 2.06 bits per heavy atom. The first kappa shape index (κ1) is 14.2. The molecule has 0 radical (unpaired) electrons. The number of hydrogen-bond acceptors (Lipinski definition) is 2. The molecule has 2 N–H and O–H groups in total. The van der Waals surface area contributed by atoms with Crippen molar-refractivity contribution in [1.82, 2.24) is 4.90 Å². The van der Waals surface area contributed by atoms with E-state index in [1.165, 1.54) is 0 Å². The lowest BCUT2D eigenvalue weighted by Gasteiger charge is -2.36. The molecule has 0 aliphatic carbocycles. The van der Waals surface area contributed by atoms with Crippen LogP contribution in [0.2, 0.25) is 0 Å². The third-order valence-electron chi connectivity index (χ3n) is 3.05. The minimum absolute atomic E-state index is 0.0266. The van der Waals surface area contributed by atoms with Crippen molar-refractivity contribution in [3.05, 3.63) is 0 Å². The zero-order chi connectivity index (χ0) is 13.2. The number of piperidine rings is 1. The summed E-state index contributed by atoms with van der Waals surface area (Å²) in [6.45, 7) is 1.83. The SMILES string of the molecule is CC(N)C1CCCN(C(=O)C(F)(F)C(F)F)C1. The third kappa shape index (κ3) is 3.08. The van der Waals surface area contributed by atoms with Gasteiger partial charge in [-0.2, -0.15) is 8.78 Å². The normalized spacial score (nSPS) is 23.9. The number of nitrogens with zero attached hydrogens (tertiary/aromatic N) is 1. The van der Waals surface area contributed by atoms with Crippen molar-refractivity contribution in [1.29, 1.82) is 0 Å². The molecule has 1 rings (SSSR count). The Morgan fingerprint density at radius 1 is 1.47 bits per heavy atom. The quantitative estimate of drug-likeness (QED) is 0.777. The number of alkyl halides is 4. The van der Waals surface area contributed by atoms with Crippen LogP contribution >= 0.6 is 0 Å². The van der Waals surface area contributed by atoms with Crippen molar-refractivity contribution in [3.63, 3.8) is 0 Å². The van der Waals surface area contributed by atoms with Crippen LogP contribution in [0.1, 0.15) is 19.8 Å². The van der Waals surface area contributed by atoms with Crippen molar-refractivity contribution >= 4 is 5.91 Å². The molecule has 100 valence electrons. The fourth-order valence-electron chi connectivity index (χ4n) is 1.93. The first-order chi connectivity index (χ1) is 7.76. The minimum Gasteiger partial charge on any atom is -0.337 e. The summed E-state index contributed by atoms with van der Waals surface area (Å²) in [5.41, 5.74) is 5.62. The van der Waals surface area contributed by atoms with Crippen molar-refractivity contribution in [2.24, 2.45) is 11.7 Å². The van der Waals surface area contributed by atoms with Gasteiger partial charge in [-0.1, -0.05) is 0 Å². The fourth-order valence-corrected chi connectivity index (χ4v) is 1.93. The molecule has 1 amide bonds. The molecule has 1 aliphatic heterocycles. The van der Waals surface area contributed by atoms with E-state index in [1.54, 1.807) is 6.92 Å². The number of rotatable bonds is 3. The lowest BCUT2D eigenvalue weighted by molar-refractivity contribution is -0.182. The molecule has 2 unspecified atom stereocenters. The second kappa shape index (κ2) is 5.20. The van der Waals surface area contributed by atoms with E-state index >= 15 is 0 Å². The molecule has 2 atom stereocenters. The Kier molecular flexibility index (Phi) is 4.35. The predicted molar refractivity (Wildman–Crippen MR) is 53.9 cm³/mol. The molecular weight excluding hydrogens is 240 g/mol. The van der Waals surface area contributed by atoms with Gasteiger partial charge in [-0.25, -0.2) is 8.78 Å². The summed E-state index contributed by atoms with van der Waals surface area (Å²) in [4.78, 5) is 12.1. The zero-order valence-electron chi connectivity index (χ0n) is 9.51. The Bertz CT molecular complexity index is 283. The summed E-state index contributed by atoms with van der Waals surface area (Å²) in [6, 6.07) is -0.245. The van der Waals surface area contributed by atoms with Gasteiger partial charge < -0.3 is 10.6 Å². The number of likely N-dealkylation sites (tertiary alicyclic amines) is 1. The van der Waals surface area contributed by atoms with E-state index in [-0.39, 0.29) is 25.0 Å². The predicted octanol–water partition coefficient (Wildman–Crippen LogP) is 1.47. The van der Waals surface area contributed by atoms with Crippen LogP contribution in [0.3, 0.4) is 0 Å². The molecule has 17 heavy (non-hydrogen) atoms. The molecule has 0 aromatic carbocycles. The molecular formula is C10H16F4N2O. The minimum atomic E-state index is -4.60. The summed E-state index contributed by atoms with van der Waals surface area (Å²) in [6.07, 6.45) is -2.73. The fraction of sp³-hybridized carbons (Fsp3) is 0.900. The highest BCUT2D eigenvalue weighted by Crippen LogP contribution is 2.28. The van der Waals surface area contributed by atoms with Crippen molar-refractivity contribution in [2.75, 3.05) is 13.1 Å². The van der Waals surface area contributed by atoms with E-state index in [0.717, 1.165) is 11.3 Å². The Labute approximate surface area is 96.9 Å². The van der Waals surface area contributed by atoms with Crippen LogP contribution in [0.15, 0.2) is 0 Å². The van der Waals surface area contributed by atoms with Crippen LogP contribution in [0.25, 0.3) is 0 Å². The van der Waals surface area contributed by atoms with Crippen LogP contribution in [0, 0.1) is 5.92 Å². The molecule has 1 saturated heterocycles. The summed E-state index contributed by atoms with van der Waals surface area (Å²) >= 11 is 0. The first-order valence-corrected chi connectivity index (χ1v) is 5.47. The van der Waals surface area contributed by atoms with Gasteiger partial charge in [0.15, 0.2) is 0 Å². The Balaban J connectivity index is 2.70. The lowest BCUT2D eigenvalue weighted by atomic mass is 9.92. The third-order valence-corrected chi connectivity index (χ3v) is 3.05. The molecule has 1 heterocycles. The highest BCUT2D eigenvalue weighted by Gasteiger charge is 2.51. The topological polar surface area (TPSA) is 46.3 Å². The van der Waals surface area contributed by atoms with Crippen LogP contribution in [-0.2, 0) is 4.79 Å². The smallest absolute Gasteiger partial charge is 0.337 e. The van der Waals surface area contributed by atoms with Crippen LogP contribution < -0.4 is 5.73 Å². The van der Waals surface area contributed by atoms with E-state index in [2.05, 4.69) is 0 Å². The standard InChI is InChI=1S/C10H16F4N2O/c1-6(15)7-3-2-4-16(5-7)9(17)10(13,14)8(11)12/h6-8H,2-5,15H2,1H3. The maximum atomic E-state index is 12.9. The molecule has 0 saturated carbocycles. The van der Waals surface area contributed by atoms with Gasteiger partial charge >= 0.3 is 12.3 Å². The number of carbonyl (C=O) groups excluding carboxylic acids is 1. The zero-order valence-corrected chi connectivity index (χ0v) is 9.51. The van der Waals surface area contributed by atoms with Gasteiger partial charge in [0.1, 0.15) is 0 Å². The van der Waals surface area contributed by atoms with Crippen LogP contribution in [-0.4, -0.2) is 42.3 Å². The Hall–Kier alpha value is -0.850. The average molecular weight is 256 g/mol. The molecule has 0 aromatic heterocycles. The van der Waals surface area contributed by atoms with Gasteiger partial charge in [0.2, 0.25) is 0 Å². The van der Waals surface area contributed by atoms with Gasteiger partial charge in [-0.3, -0.25) is 4.79 Å². The molecule has 0 aromatic rings. The number of nitrogens with two attached hydrogens (primary N) is 1. The molecule has 3 nitrogen and oxygen atoms in total. The largest absolute Gasteiger partial charge is 0.383 e. The number of amides is 1. The Morgan fingerprint density at radius 3 is 2.53 bits per heavy atom. The first-order valence-electron chi connectivity index (χ1n) is 5.47. The summed E-state index contributed by atoms with van der Waals surface area (Å²) in [7, 11) is 0. The number of halogens is 4. The highest BCUT2D eigenvalue weighted by molar-refractivity contribution is 5.84. The molecule has 1 aliphatic rings. The van der Waals surface area contributed by atoms with Gasteiger partial charge in [0.25, 0.3) is 5.91 Å². The summed E-state index contributed by atoms with van der Waals surface area (Å²) in [5.74, 6) is -6.50. The van der Waals surface area contributed by atoms with Gasteiger partial charge in [-0.15, -0.1) is 0 Å². The molecule has 1 fully saturated rings. The van der Waals surface area contributed by atoms with E-state index in [9.17, 15) is 22.4 Å². The van der Waals surface area contributed by atoms with E-state index in [1.807, 2.05) is 0 Å². The summed E-state index contributed by atoms with van der Waals surface area (Å²) in [5, 5.41) is 0. The second-order valence-corrected chi connectivity index (χ2v) is 4.44. The summed E-state index contributed by atoms with van der Waals surface area (Å²) < 4.78 is 49.9. The average Bonchev–Trinajstić information content (AvgIpc) is 2.27. The van der Waals surface area contributed by atoms with Crippen molar-refractivity contribution < 1.29 is 22.4 Å². The van der Waals surface area contributed by atoms with Crippen molar-refractivity contribution in [2.45, 2.75) is 38.2 Å². The monoisotopic (exact) mass is 256 g/mol. The van der Waals surface area contributed by atoms with E-state index < -0.39 is 18.3 Å². The molecule has 7 heteroatoms. The van der Waals surface area contributed by atoms with E-state index in [0.29, 0.717) is 6.42 Å². The van der Waals surface area contributed by atoms with Gasteiger partial charge in [-0.05, 0) is 25.7 Å². The molecule has 0 spiro atoms. The van der Waals surface area contributed by atoms with Crippen LogP contribution in [0.4, 0.5) is 17.6 Å². The van der Waals surface area contributed by atoms with E-state index in [4.69, 9.17) is 5.73 Å². The maximum Gasteiger partial charge on any atom is 0.383 e. The second-order valence-electron chi connectivity index (χ2n) is 4.44. The van der Waals surface area contributed by atoms with Crippen LogP contribution in [0.5, 0.6) is 0 Å². The number of carbonyl (C=O) groups is 1. The highest BCUT2D eigenvalue weighted by atomic mass is 19.3. The van der Waals surface area contributed by atoms with Crippen molar-refractivity contribution in [3.8, 4) is 0 Å². The lowest BCUT2D eigenvalue weighted by Crippen LogP contribution is -2.52. The van der Waals surface area contributed by atoms with Gasteiger partial charge in [0, 0.05) is 19.1 Å². The number of hydrogen-bond donors (Lipinski definition) is 1. The van der Waals surface area contributed by atoms with Gasteiger partial charge in [0.05, 0.1) is 0 Å². The molecule has 0 bridgehead atoms.